The number of fused-ring (bicyclic) bond motifs is 1. The third-order valence-electron chi connectivity index (χ3n) is 1.80. The molecule has 0 unspecified atom stereocenters. The minimum Gasteiger partial charge on any atom is -0.255 e. The molecule has 0 aliphatic carbocycles. The number of halogens is 4. The largest absolute Gasteiger partial charge is 0.255 e. The van der Waals surface area contributed by atoms with E-state index in [4.69, 9.17) is 23.2 Å². The Bertz CT molecular complexity index is 516. The summed E-state index contributed by atoms with van der Waals surface area (Å²) in [6.45, 7) is 0. The van der Waals surface area contributed by atoms with E-state index in [9.17, 15) is 0 Å². The highest BCUT2D eigenvalue weighted by Crippen LogP contribution is 2.32. The van der Waals surface area contributed by atoms with Crippen LogP contribution in [0.1, 0.15) is 0 Å². The van der Waals surface area contributed by atoms with Gasteiger partial charge in [0.2, 0.25) is 0 Å². The number of hydrogen-bond acceptors (Lipinski definition) is 1. The fraction of sp³-hybridized carbons (Fsp3) is 0. The van der Waals surface area contributed by atoms with Crippen molar-refractivity contribution < 1.29 is 0 Å². The number of aromatic nitrogens is 1. The van der Waals surface area contributed by atoms with Gasteiger partial charge in [-0.2, -0.15) is 0 Å². The van der Waals surface area contributed by atoms with Gasteiger partial charge in [0.1, 0.15) is 0 Å². The highest BCUT2D eigenvalue weighted by Gasteiger charge is 2.07. The molecule has 2 aromatic rings. The van der Waals surface area contributed by atoms with Crippen LogP contribution in [0.4, 0.5) is 0 Å². The highest BCUT2D eigenvalue weighted by molar-refractivity contribution is 14.1. The van der Waals surface area contributed by atoms with Crippen molar-refractivity contribution in [1.82, 2.24) is 4.98 Å². The first-order chi connectivity index (χ1) is 6.59. The van der Waals surface area contributed by atoms with Gasteiger partial charge in [0.15, 0.2) is 0 Å². The summed E-state index contributed by atoms with van der Waals surface area (Å²) in [4.78, 5) is 4.22. The Kier molecular flexibility index (Phi) is 3.21. The van der Waals surface area contributed by atoms with Crippen molar-refractivity contribution in [2.24, 2.45) is 0 Å². The summed E-state index contributed by atoms with van der Waals surface area (Å²) in [5.74, 6) is 0. The van der Waals surface area contributed by atoms with E-state index in [1.54, 1.807) is 6.20 Å². The van der Waals surface area contributed by atoms with Crippen LogP contribution in [0.5, 0.6) is 0 Å². The highest BCUT2D eigenvalue weighted by atomic mass is 127. The van der Waals surface area contributed by atoms with Crippen LogP contribution in [0.25, 0.3) is 10.9 Å². The smallest absolute Gasteiger partial charge is 0.0733 e. The second-order valence-corrected chi connectivity index (χ2v) is 5.51. The van der Waals surface area contributed by atoms with E-state index in [1.807, 2.05) is 12.1 Å². The van der Waals surface area contributed by atoms with E-state index in [-0.39, 0.29) is 0 Å². The first-order valence-corrected chi connectivity index (χ1v) is 6.31. The average molecular weight is 403 g/mol. The van der Waals surface area contributed by atoms with Crippen molar-refractivity contribution in [3.8, 4) is 0 Å². The Balaban J connectivity index is 2.89. The van der Waals surface area contributed by atoms with E-state index in [0.29, 0.717) is 10.0 Å². The molecule has 1 nitrogen and oxygen atoms in total. The molecule has 0 atom stereocenters. The Labute approximate surface area is 113 Å². The first-order valence-electron chi connectivity index (χ1n) is 3.68. The second kappa shape index (κ2) is 4.12. The van der Waals surface area contributed by atoms with Gasteiger partial charge in [0, 0.05) is 15.2 Å². The van der Waals surface area contributed by atoms with Crippen LogP contribution < -0.4 is 0 Å². The van der Waals surface area contributed by atoms with Crippen LogP contribution in [0.15, 0.2) is 22.8 Å². The molecule has 14 heavy (non-hydrogen) atoms. The van der Waals surface area contributed by atoms with Gasteiger partial charge in [-0.1, -0.05) is 23.2 Å². The van der Waals surface area contributed by atoms with Crippen molar-refractivity contribution in [2.45, 2.75) is 0 Å². The molecule has 0 bridgehead atoms. The molecule has 0 amide bonds. The number of pyridine rings is 1. The number of hydrogen-bond donors (Lipinski definition) is 0. The third-order valence-corrected chi connectivity index (χ3v) is 4.56. The summed E-state index contributed by atoms with van der Waals surface area (Å²) >= 11 is 17.6. The van der Waals surface area contributed by atoms with E-state index >= 15 is 0 Å². The number of benzene rings is 1. The van der Waals surface area contributed by atoms with Gasteiger partial charge < -0.3 is 0 Å². The lowest BCUT2D eigenvalue weighted by Gasteiger charge is -2.03. The standard InChI is InChI=1S/C9H3BrCl2IN/c10-5-3-14-8-2-6(11)7(13)1-4(8)9(5)12/h1-3H. The summed E-state index contributed by atoms with van der Waals surface area (Å²) in [6, 6.07) is 3.75. The monoisotopic (exact) mass is 401 g/mol. The van der Waals surface area contributed by atoms with Gasteiger partial charge >= 0.3 is 0 Å². The van der Waals surface area contributed by atoms with Gasteiger partial charge in [-0.15, -0.1) is 0 Å². The summed E-state index contributed by atoms with van der Waals surface area (Å²) < 4.78 is 1.77. The Morgan fingerprint density at radius 3 is 2.71 bits per heavy atom. The fourth-order valence-electron chi connectivity index (χ4n) is 1.13. The molecule has 72 valence electrons. The van der Waals surface area contributed by atoms with Crippen LogP contribution in [-0.2, 0) is 0 Å². The first kappa shape index (κ1) is 10.9. The fourth-order valence-corrected chi connectivity index (χ4v) is 2.27. The van der Waals surface area contributed by atoms with E-state index in [0.717, 1.165) is 18.9 Å². The molecule has 0 saturated carbocycles. The molecule has 0 radical (unpaired) electrons. The van der Waals surface area contributed by atoms with Crippen LogP contribution in [0.3, 0.4) is 0 Å². The van der Waals surface area contributed by atoms with E-state index < -0.39 is 0 Å². The zero-order chi connectivity index (χ0) is 10.3. The summed E-state index contributed by atoms with van der Waals surface area (Å²) in [5, 5.41) is 2.28. The maximum Gasteiger partial charge on any atom is 0.0733 e. The van der Waals surface area contributed by atoms with Crippen molar-refractivity contribution in [3.63, 3.8) is 0 Å². The quantitative estimate of drug-likeness (QED) is 0.571. The van der Waals surface area contributed by atoms with Gasteiger partial charge in [-0.05, 0) is 50.7 Å². The van der Waals surface area contributed by atoms with Crippen LogP contribution in [0.2, 0.25) is 10.0 Å². The second-order valence-electron chi connectivity index (χ2n) is 2.70. The Morgan fingerprint density at radius 1 is 1.29 bits per heavy atom. The van der Waals surface area contributed by atoms with Crippen molar-refractivity contribution >= 4 is 72.6 Å². The lowest BCUT2D eigenvalue weighted by atomic mass is 10.2. The molecule has 0 N–H and O–H groups in total. The van der Waals surface area contributed by atoms with Gasteiger partial charge in [0.25, 0.3) is 0 Å². The molecule has 2 rings (SSSR count). The Morgan fingerprint density at radius 2 is 2.00 bits per heavy atom. The van der Waals surface area contributed by atoms with Crippen molar-refractivity contribution in [3.05, 3.63) is 36.4 Å². The molecule has 0 saturated heterocycles. The normalized spacial score (nSPS) is 10.9. The molecule has 0 spiro atoms. The molecule has 1 aromatic heterocycles. The van der Waals surface area contributed by atoms with E-state index in [2.05, 4.69) is 43.5 Å². The van der Waals surface area contributed by atoms with Gasteiger partial charge in [0.05, 0.1) is 20.0 Å². The minimum atomic E-state index is 0.671. The van der Waals surface area contributed by atoms with Crippen LogP contribution in [0, 0.1) is 3.57 Å². The van der Waals surface area contributed by atoms with Gasteiger partial charge in [-0.25, -0.2) is 0 Å². The minimum absolute atomic E-state index is 0.671. The lowest BCUT2D eigenvalue weighted by Crippen LogP contribution is -1.83. The number of rotatable bonds is 0. The van der Waals surface area contributed by atoms with Crippen LogP contribution in [-0.4, -0.2) is 4.98 Å². The maximum absolute atomic E-state index is 6.12. The molecule has 0 aliphatic heterocycles. The molecule has 1 heterocycles. The molecular weight excluding hydrogens is 400 g/mol. The van der Waals surface area contributed by atoms with E-state index in [1.165, 1.54) is 0 Å². The van der Waals surface area contributed by atoms with Gasteiger partial charge in [-0.3, -0.25) is 4.98 Å². The predicted octanol–water partition coefficient (Wildman–Crippen LogP) is 4.91. The molecule has 0 fully saturated rings. The maximum atomic E-state index is 6.12. The topological polar surface area (TPSA) is 12.9 Å². The number of nitrogens with zero attached hydrogens (tertiary/aromatic N) is 1. The average Bonchev–Trinajstić information content (AvgIpc) is 2.15. The molecule has 0 aliphatic rings. The Hall–Kier alpha value is 0.420. The third kappa shape index (κ3) is 1.87. The lowest BCUT2D eigenvalue weighted by molar-refractivity contribution is 1.39. The SMILES string of the molecule is Clc1cc2ncc(Br)c(Cl)c2cc1I. The molecule has 5 heteroatoms. The molecular formula is C9H3BrCl2IN. The van der Waals surface area contributed by atoms with Crippen LogP contribution >= 0.6 is 61.7 Å². The summed E-state index contributed by atoms with van der Waals surface area (Å²) in [7, 11) is 0. The van der Waals surface area contributed by atoms with Crippen molar-refractivity contribution in [2.75, 3.05) is 0 Å². The summed E-state index contributed by atoms with van der Waals surface area (Å²) in [6.07, 6.45) is 1.67. The predicted molar refractivity (Wildman–Crippen MR) is 72.2 cm³/mol. The molecule has 1 aromatic carbocycles. The zero-order valence-electron chi connectivity index (χ0n) is 6.69. The summed E-state index contributed by atoms with van der Waals surface area (Å²) in [5.41, 5.74) is 0.809. The zero-order valence-corrected chi connectivity index (χ0v) is 11.9. The van der Waals surface area contributed by atoms with Crippen molar-refractivity contribution in [1.29, 1.82) is 0 Å².